The van der Waals surface area contributed by atoms with Crippen LogP contribution in [0.5, 0.6) is 0 Å². The van der Waals surface area contributed by atoms with Crippen molar-refractivity contribution in [3.8, 4) is 11.1 Å². The topological polar surface area (TPSA) is 53.2 Å². The van der Waals surface area contributed by atoms with Crippen LogP contribution in [-0.2, 0) is 23.1 Å². The Morgan fingerprint density at radius 1 is 0.976 bits per heavy atom. The molecule has 4 nitrogen and oxygen atoms in total. The van der Waals surface area contributed by atoms with Crippen LogP contribution in [0.4, 0.5) is 0 Å². The van der Waals surface area contributed by atoms with Crippen molar-refractivity contribution < 1.29 is 4.79 Å². The van der Waals surface area contributed by atoms with Gasteiger partial charge in [-0.1, -0.05) is 105 Å². The maximum Gasteiger partial charge on any atom is 0.231 e. The highest BCUT2D eigenvalue weighted by atomic mass is 35.5. The third kappa shape index (κ3) is 7.46. The minimum Gasteiger partial charge on any atom is -0.384 e. The molecule has 1 aliphatic carbocycles. The lowest BCUT2D eigenvalue weighted by Gasteiger charge is -2.32. The van der Waals surface area contributed by atoms with Crippen molar-refractivity contribution >= 4 is 17.5 Å². The van der Waals surface area contributed by atoms with Crippen molar-refractivity contribution in [1.29, 1.82) is 0 Å². The second-order valence-corrected chi connectivity index (χ2v) is 12.5. The number of halogens is 1. The molecule has 3 N–H and O–H groups in total. The molecule has 1 saturated heterocycles. The van der Waals surface area contributed by atoms with Crippen molar-refractivity contribution in [1.82, 2.24) is 16.0 Å². The average Bonchev–Trinajstić information content (AvgIpc) is 3.83. The SMILES string of the molecule is CCCC=C(NC1CCNCC1)[C@H](Cc1ccc(-c2ccccc2)cc1)NC(=O)C1(c2ccc(Cl)cc2CCC)CC1. The molecule has 3 aromatic carbocycles. The lowest BCUT2D eigenvalue weighted by Crippen LogP contribution is -2.49. The van der Waals surface area contributed by atoms with Gasteiger partial charge in [0.15, 0.2) is 0 Å². The zero-order valence-electron chi connectivity index (χ0n) is 25.2. The van der Waals surface area contributed by atoms with Gasteiger partial charge in [-0.05, 0) is 98.0 Å². The van der Waals surface area contributed by atoms with Gasteiger partial charge < -0.3 is 16.0 Å². The fourth-order valence-corrected chi connectivity index (χ4v) is 6.48. The van der Waals surface area contributed by atoms with Gasteiger partial charge in [-0.25, -0.2) is 0 Å². The summed E-state index contributed by atoms with van der Waals surface area (Å²) in [5.41, 5.74) is 6.70. The van der Waals surface area contributed by atoms with E-state index in [2.05, 4.69) is 96.5 Å². The largest absolute Gasteiger partial charge is 0.384 e. The number of unbranched alkanes of at least 4 members (excludes halogenated alkanes) is 1. The van der Waals surface area contributed by atoms with Crippen LogP contribution in [0.3, 0.4) is 0 Å². The van der Waals surface area contributed by atoms with Crippen LogP contribution in [0, 0.1) is 0 Å². The Kier molecular flexibility index (Phi) is 10.4. The van der Waals surface area contributed by atoms with E-state index in [1.807, 2.05) is 12.1 Å². The summed E-state index contributed by atoms with van der Waals surface area (Å²) in [6, 6.07) is 25.7. The smallest absolute Gasteiger partial charge is 0.231 e. The van der Waals surface area contributed by atoms with E-state index in [-0.39, 0.29) is 11.9 Å². The van der Waals surface area contributed by atoms with Gasteiger partial charge in [-0.15, -0.1) is 0 Å². The second-order valence-electron chi connectivity index (χ2n) is 12.0. The van der Waals surface area contributed by atoms with Crippen LogP contribution in [0.25, 0.3) is 11.1 Å². The first-order valence-corrected chi connectivity index (χ1v) is 16.3. The maximum absolute atomic E-state index is 14.3. The molecule has 0 bridgehead atoms. The van der Waals surface area contributed by atoms with Gasteiger partial charge in [0.2, 0.25) is 5.91 Å². The Morgan fingerprint density at radius 2 is 1.69 bits per heavy atom. The van der Waals surface area contributed by atoms with E-state index >= 15 is 0 Å². The molecule has 1 atom stereocenters. The molecular formula is C37H46ClN3O. The molecule has 0 spiro atoms. The predicted molar refractivity (Wildman–Crippen MR) is 176 cm³/mol. The van der Waals surface area contributed by atoms with E-state index in [9.17, 15) is 4.79 Å². The summed E-state index contributed by atoms with van der Waals surface area (Å²) >= 11 is 6.39. The zero-order chi connectivity index (χ0) is 29.4. The van der Waals surface area contributed by atoms with Gasteiger partial charge in [0.25, 0.3) is 0 Å². The summed E-state index contributed by atoms with van der Waals surface area (Å²) in [6.07, 6.45) is 11.0. The van der Waals surface area contributed by atoms with Crippen LogP contribution in [-0.4, -0.2) is 31.1 Å². The normalized spacial score (nSPS) is 17.5. The van der Waals surface area contributed by atoms with Gasteiger partial charge in [0, 0.05) is 16.8 Å². The number of carbonyl (C=O) groups is 1. The highest BCUT2D eigenvalue weighted by Crippen LogP contribution is 2.50. The third-order valence-corrected chi connectivity index (χ3v) is 9.07. The maximum atomic E-state index is 14.3. The molecule has 0 radical (unpaired) electrons. The Bertz CT molecular complexity index is 1340. The van der Waals surface area contributed by atoms with E-state index in [0.29, 0.717) is 6.04 Å². The summed E-state index contributed by atoms with van der Waals surface area (Å²) < 4.78 is 0. The molecule has 1 amide bonds. The molecular weight excluding hydrogens is 538 g/mol. The number of nitrogens with one attached hydrogen (secondary N) is 3. The third-order valence-electron chi connectivity index (χ3n) is 8.83. The van der Waals surface area contributed by atoms with E-state index in [0.717, 1.165) is 87.2 Å². The Labute approximate surface area is 257 Å². The highest BCUT2D eigenvalue weighted by Gasteiger charge is 2.52. The van der Waals surface area contributed by atoms with Crippen LogP contribution in [0.15, 0.2) is 84.6 Å². The molecule has 1 heterocycles. The van der Waals surface area contributed by atoms with Crippen molar-refractivity contribution in [2.45, 2.75) is 89.1 Å². The van der Waals surface area contributed by atoms with Gasteiger partial charge in [-0.2, -0.15) is 0 Å². The van der Waals surface area contributed by atoms with Crippen molar-refractivity contribution in [2.24, 2.45) is 0 Å². The van der Waals surface area contributed by atoms with Gasteiger partial charge in [0.1, 0.15) is 0 Å². The minimum atomic E-state index is -0.463. The van der Waals surface area contributed by atoms with Crippen LogP contribution in [0.1, 0.15) is 75.5 Å². The second kappa shape index (κ2) is 14.4. The lowest BCUT2D eigenvalue weighted by atomic mass is 9.88. The number of amides is 1. The Balaban J connectivity index is 1.43. The average molecular weight is 584 g/mol. The summed E-state index contributed by atoms with van der Waals surface area (Å²) in [6.45, 7) is 6.44. The number of rotatable bonds is 13. The Hall–Kier alpha value is -3.08. The van der Waals surface area contributed by atoms with E-state index < -0.39 is 5.41 Å². The molecule has 2 fully saturated rings. The molecule has 222 valence electrons. The highest BCUT2D eigenvalue weighted by molar-refractivity contribution is 6.30. The zero-order valence-corrected chi connectivity index (χ0v) is 26.0. The number of piperidine rings is 1. The van der Waals surface area contributed by atoms with Crippen LogP contribution < -0.4 is 16.0 Å². The van der Waals surface area contributed by atoms with E-state index in [1.54, 1.807) is 0 Å². The molecule has 2 aliphatic rings. The first-order chi connectivity index (χ1) is 20.5. The van der Waals surface area contributed by atoms with Crippen LogP contribution >= 0.6 is 11.6 Å². The Morgan fingerprint density at radius 3 is 2.36 bits per heavy atom. The fourth-order valence-electron chi connectivity index (χ4n) is 6.29. The molecule has 1 aliphatic heterocycles. The number of benzene rings is 3. The number of carbonyl (C=O) groups excluding carboxylic acids is 1. The minimum absolute atomic E-state index is 0.124. The molecule has 0 aromatic heterocycles. The van der Waals surface area contributed by atoms with Gasteiger partial charge in [0.05, 0.1) is 11.5 Å². The number of allylic oxidation sites excluding steroid dienone is 1. The monoisotopic (exact) mass is 583 g/mol. The van der Waals surface area contributed by atoms with Crippen LogP contribution in [0.2, 0.25) is 5.02 Å². The molecule has 5 heteroatoms. The first kappa shape index (κ1) is 30.4. The van der Waals surface area contributed by atoms with Gasteiger partial charge >= 0.3 is 0 Å². The van der Waals surface area contributed by atoms with Crippen molar-refractivity contribution in [3.05, 3.63) is 106 Å². The number of aryl methyl sites for hydroxylation is 1. The predicted octanol–water partition coefficient (Wildman–Crippen LogP) is 7.74. The lowest BCUT2D eigenvalue weighted by molar-refractivity contribution is -0.124. The summed E-state index contributed by atoms with van der Waals surface area (Å²) in [5.74, 6) is 0.141. The quantitative estimate of drug-likeness (QED) is 0.193. The molecule has 42 heavy (non-hydrogen) atoms. The van der Waals surface area contributed by atoms with Crippen molar-refractivity contribution in [3.63, 3.8) is 0 Å². The molecule has 3 aromatic rings. The summed E-state index contributed by atoms with van der Waals surface area (Å²) in [4.78, 5) is 14.3. The summed E-state index contributed by atoms with van der Waals surface area (Å²) in [7, 11) is 0. The number of hydrogen-bond acceptors (Lipinski definition) is 3. The van der Waals surface area contributed by atoms with E-state index in [4.69, 9.17) is 11.6 Å². The van der Waals surface area contributed by atoms with E-state index in [1.165, 1.54) is 22.3 Å². The standard InChI is InChI=1S/C37H46ClN3O/c1-3-5-12-34(40-32-19-23-39-24-20-32)35(25-27-13-15-29(16-14-27)28-10-7-6-8-11-28)41-36(42)37(21-22-37)33-18-17-31(38)26-30(33)9-4-2/h6-8,10-18,26,32,35,39-40H,3-5,9,19-25H2,1-2H3,(H,41,42)/t35-/m0/s1. The molecule has 1 saturated carbocycles. The number of hydrogen-bond donors (Lipinski definition) is 3. The molecule has 0 unspecified atom stereocenters. The fraction of sp³-hybridized carbons (Fsp3) is 0.432. The van der Waals surface area contributed by atoms with Crippen molar-refractivity contribution in [2.75, 3.05) is 13.1 Å². The summed E-state index contributed by atoms with van der Waals surface area (Å²) in [5, 5.41) is 11.7. The first-order valence-electron chi connectivity index (χ1n) is 15.9. The van der Waals surface area contributed by atoms with Gasteiger partial charge in [-0.3, -0.25) is 4.79 Å². The molecule has 5 rings (SSSR count).